The molecule has 2 N–H and O–H groups in total. The van der Waals surface area contributed by atoms with Gasteiger partial charge in [0.2, 0.25) is 17.7 Å². The Bertz CT molecular complexity index is 800. The predicted octanol–water partition coefficient (Wildman–Crippen LogP) is 1.82. The second-order valence-corrected chi connectivity index (χ2v) is 7.46. The average Bonchev–Trinajstić information content (AvgIpc) is 2.91. The minimum atomic E-state index is -0.635. The van der Waals surface area contributed by atoms with Crippen LogP contribution in [0, 0.1) is 5.41 Å². The Kier molecular flexibility index (Phi) is 4.56. The molecule has 1 aromatic rings. The van der Waals surface area contributed by atoms with Crippen LogP contribution in [-0.2, 0) is 20.9 Å². The van der Waals surface area contributed by atoms with Gasteiger partial charge in [0.05, 0.1) is 0 Å². The van der Waals surface area contributed by atoms with Gasteiger partial charge in [-0.05, 0) is 30.5 Å². The summed E-state index contributed by atoms with van der Waals surface area (Å²) in [6.45, 7) is 6.01. The van der Waals surface area contributed by atoms with Gasteiger partial charge in [-0.15, -0.1) is 0 Å². The van der Waals surface area contributed by atoms with Crippen LogP contribution in [0.2, 0.25) is 0 Å². The Balaban J connectivity index is 1.78. The van der Waals surface area contributed by atoms with Crippen LogP contribution < -0.4 is 10.6 Å². The Morgan fingerprint density at radius 3 is 2.69 bits per heavy atom. The Labute approximate surface area is 152 Å². The Morgan fingerprint density at radius 2 is 2.04 bits per heavy atom. The smallest absolute Gasteiger partial charge is 0.255 e. The summed E-state index contributed by atoms with van der Waals surface area (Å²) >= 11 is 0. The van der Waals surface area contributed by atoms with Crippen LogP contribution in [0.1, 0.15) is 56.0 Å². The van der Waals surface area contributed by atoms with Crippen LogP contribution in [0.25, 0.3) is 0 Å². The van der Waals surface area contributed by atoms with Crippen LogP contribution in [0.15, 0.2) is 18.2 Å². The molecule has 0 radical (unpaired) electrons. The molecule has 0 spiro atoms. The highest BCUT2D eigenvalue weighted by molar-refractivity contribution is 6.06. The molecular formula is C19H23N3O4. The number of piperidine rings is 1. The first-order valence-electron chi connectivity index (χ1n) is 8.82. The topological polar surface area (TPSA) is 95.6 Å². The molecule has 0 bridgehead atoms. The maximum absolute atomic E-state index is 12.8. The Morgan fingerprint density at radius 1 is 1.31 bits per heavy atom. The number of imide groups is 1. The van der Waals surface area contributed by atoms with E-state index in [-0.39, 0.29) is 24.1 Å². The van der Waals surface area contributed by atoms with Gasteiger partial charge in [0.15, 0.2) is 0 Å². The lowest BCUT2D eigenvalue weighted by Gasteiger charge is -2.29. The number of hydrogen-bond acceptors (Lipinski definition) is 4. The number of rotatable bonds is 4. The lowest BCUT2D eigenvalue weighted by Crippen LogP contribution is -2.52. The summed E-state index contributed by atoms with van der Waals surface area (Å²) < 4.78 is 0. The number of carbonyl (C=O) groups excluding carboxylic acids is 4. The van der Waals surface area contributed by atoms with Crippen LogP contribution in [0.5, 0.6) is 0 Å². The summed E-state index contributed by atoms with van der Waals surface area (Å²) in [7, 11) is 0. The van der Waals surface area contributed by atoms with Gasteiger partial charge >= 0.3 is 0 Å². The molecule has 2 aliphatic rings. The van der Waals surface area contributed by atoms with E-state index in [9.17, 15) is 19.2 Å². The van der Waals surface area contributed by atoms with E-state index in [1.54, 1.807) is 18.2 Å². The van der Waals surface area contributed by atoms with Crippen LogP contribution in [-0.4, -0.2) is 34.6 Å². The van der Waals surface area contributed by atoms with Crippen molar-refractivity contribution in [3.8, 4) is 0 Å². The first kappa shape index (κ1) is 18.1. The molecule has 1 saturated heterocycles. The predicted molar refractivity (Wildman–Crippen MR) is 95.2 cm³/mol. The van der Waals surface area contributed by atoms with Crippen molar-refractivity contribution in [2.75, 3.05) is 5.32 Å². The van der Waals surface area contributed by atoms with E-state index in [1.165, 1.54) is 4.90 Å². The van der Waals surface area contributed by atoms with Gasteiger partial charge in [-0.2, -0.15) is 0 Å². The van der Waals surface area contributed by atoms with E-state index < -0.39 is 17.4 Å². The molecule has 2 heterocycles. The van der Waals surface area contributed by atoms with Gasteiger partial charge in [0.1, 0.15) is 6.04 Å². The monoisotopic (exact) mass is 357 g/mol. The molecule has 0 saturated carbocycles. The van der Waals surface area contributed by atoms with E-state index in [1.807, 2.05) is 20.8 Å². The molecule has 1 aromatic carbocycles. The second-order valence-electron chi connectivity index (χ2n) is 7.46. The molecule has 7 heteroatoms. The van der Waals surface area contributed by atoms with Crippen LogP contribution >= 0.6 is 0 Å². The van der Waals surface area contributed by atoms with Crippen LogP contribution in [0.3, 0.4) is 0 Å². The SMILES string of the molecule is CCC(C)(C)C(=O)Nc1ccc2c(c1)C(=O)N(C1CCC(=O)NC1=O)C2. The van der Waals surface area contributed by atoms with Crippen molar-refractivity contribution in [2.45, 2.75) is 52.6 Å². The summed E-state index contributed by atoms with van der Waals surface area (Å²) in [5, 5.41) is 5.14. The lowest BCUT2D eigenvalue weighted by molar-refractivity contribution is -0.137. The third-order valence-electron chi connectivity index (χ3n) is 5.28. The first-order valence-corrected chi connectivity index (χ1v) is 8.82. The molecule has 3 rings (SSSR count). The molecule has 1 atom stereocenters. The van der Waals surface area contributed by atoms with E-state index >= 15 is 0 Å². The van der Waals surface area contributed by atoms with Gasteiger partial charge < -0.3 is 10.2 Å². The quantitative estimate of drug-likeness (QED) is 0.804. The van der Waals surface area contributed by atoms with Crippen molar-refractivity contribution in [3.63, 3.8) is 0 Å². The third kappa shape index (κ3) is 3.21. The maximum Gasteiger partial charge on any atom is 0.255 e. The number of amides is 4. The fourth-order valence-electron chi connectivity index (χ4n) is 3.09. The maximum atomic E-state index is 12.8. The molecule has 0 aromatic heterocycles. The molecule has 138 valence electrons. The summed E-state index contributed by atoms with van der Waals surface area (Å²) in [5.74, 6) is -1.09. The molecule has 2 aliphatic heterocycles. The van der Waals surface area contributed by atoms with E-state index in [2.05, 4.69) is 10.6 Å². The highest BCUT2D eigenvalue weighted by atomic mass is 16.2. The number of hydrogen-bond donors (Lipinski definition) is 2. The normalized spacial score (nSPS) is 20.0. The highest BCUT2D eigenvalue weighted by Crippen LogP contribution is 2.30. The number of benzene rings is 1. The summed E-state index contributed by atoms with van der Waals surface area (Å²) in [6.07, 6.45) is 1.26. The zero-order chi connectivity index (χ0) is 19.1. The fraction of sp³-hybridized carbons (Fsp3) is 0.474. The zero-order valence-electron chi connectivity index (χ0n) is 15.2. The van der Waals surface area contributed by atoms with E-state index in [4.69, 9.17) is 0 Å². The van der Waals surface area contributed by atoms with Crippen molar-refractivity contribution in [3.05, 3.63) is 29.3 Å². The second kappa shape index (κ2) is 6.55. The van der Waals surface area contributed by atoms with Crippen LogP contribution in [0.4, 0.5) is 5.69 Å². The standard InChI is InChI=1S/C19H23N3O4/c1-4-19(2,3)18(26)20-12-6-5-11-10-22(17(25)13(11)9-12)14-7-8-15(23)21-16(14)24/h5-6,9,14H,4,7-8,10H2,1-3H3,(H,20,26)(H,21,23,24). The molecule has 0 aliphatic carbocycles. The van der Waals surface area contributed by atoms with Gasteiger partial charge in [0, 0.05) is 29.6 Å². The van der Waals surface area contributed by atoms with Crippen molar-refractivity contribution in [1.29, 1.82) is 0 Å². The number of carbonyl (C=O) groups is 4. The number of anilines is 1. The van der Waals surface area contributed by atoms with Gasteiger partial charge in [-0.25, -0.2) is 0 Å². The molecule has 4 amide bonds. The lowest BCUT2D eigenvalue weighted by atomic mass is 9.89. The van der Waals surface area contributed by atoms with E-state index in [0.717, 1.165) is 5.56 Å². The number of fused-ring (bicyclic) bond motifs is 1. The van der Waals surface area contributed by atoms with Crippen molar-refractivity contribution < 1.29 is 19.2 Å². The fourth-order valence-corrected chi connectivity index (χ4v) is 3.09. The minimum absolute atomic E-state index is 0.104. The third-order valence-corrected chi connectivity index (χ3v) is 5.28. The van der Waals surface area contributed by atoms with E-state index in [0.29, 0.717) is 30.6 Å². The van der Waals surface area contributed by atoms with Gasteiger partial charge in [-0.3, -0.25) is 24.5 Å². The largest absolute Gasteiger partial charge is 0.326 e. The first-order chi connectivity index (χ1) is 12.2. The molecule has 1 fully saturated rings. The summed E-state index contributed by atoms with van der Waals surface area (Å²) in [5.41, 5.74) is 1.37. The van der Waals surface area contributed by atoms with Gasteiger partial charge in [-0.1, -0.05) is 26.8 Å². The molecule has 1 unspecified atom stereocenters. The van der Waals surface area contributed by atoms with Crippen molar-refractivity contribution in [1.82, 2.24) is 10.2 Å². The molecular weight excluding hydrogens is 334 g/mol. The van der Waals surface area contributed by atoms with Crippen molar-refractivity contribution >= 4 is 29.3 Å². The summed E-state index contributed by atoms with van der Waals surface area (Å²) in [4.78, 5) is 50.0. The highest BCUT2D eigenvalue weighted by Gasteiger charge is 2.39. The number of nitrogens with zero attached hydrogens (tertiary/aromatic N) is 1. The van der Waals surface area contributed by atoms with Crippen molar-refractivity contribution in [2.24, 2.45) is 5.41 Å². The zero-order valence-corrected chi connectivity index (χ0v) is 15.2. The van der Waals surface area contributed by atoms with Gasteiger partial charge in [0.25, 0.3) is 5.91 Å². The Hall–Kier alpha value is -2.70. The molecule has 7 nitrogen and oxygen atoms in total. The molecule has 26 heavy (non-hydrogen) atoms. The minimum Gasteiger partial charge on any atom is -0.326 e. The average molecular weight is 357 g/mol. The number of nitrogens with one attached hydrogen (secondary N) is 2. The summed E-state index contributed by atoms with van der Waals surface area (Å²) in [6, 6.07) is 4.59.